The molecule has 0 aromatic heterocycles. The van der Waals surface area contributed by atoms with E-state index in [4.69, 9.17) is 27.9 Å². The summed E-state index contributed by atoms with van der Waals surface area (Å²) in [5.41, 5.74) is 1.98. The van der Waals surface area contributed by atoms with E-state index in [1.807, 2.05) is 19.1 Å². The number of methoxy groups -OCH3 is 1. The van der Waals surface area contributed by atoms with Gasteiger partial charge in [0.1, 0.15) is 5.75 Å². The van der Waals surface area contributed by atoms with Crippen LogP contribution in [0, 0.1) is 6.92 Å². The van der Waals surface area contributed by atoms with Crippen molar-refractivity contribution in [3.8, 4) is 5.75 Å². The van der Waals surface area contributed by atoms with Crippen LogP contribution in [0.15, 0.2) is 36.4 Å². The topological polar surface area (TPSA) is 49.9 Å². The van der Waals surface area contributed by atoms with Crippen LogP contribution in [0.5, 0.6) is 5.75 Å². The van der Waals surface area contributed by atoms with Gasteiger partial charge in [-0.05, 0) is 37.3 Å². The van der Waals surface area contributed by atoms with Crippen molar-refractivity contribution in [1.82, 2.24) is 9.80 Å². The highest BCUT2D eigenvalue weighted by molar-refractivity contribution is 6.35. The van der Waals surface area contributed by atoms with Gasteiger partial charge in [-0.2, -0.15) is 0 Å². The van der Waals surface area contributed by atoms with Gasteiger partial charge >= 0.3 is 0 Å². The van der Waals surface area contributed by atoms with Crippen LogP contribution in [0.2, 0.25) is 10.0 Å². The molecule has 0 N–H and O–H groups in total. The molecule has 2 aromatic carbocycles. The second kappa shape index (κ2) is 8.19. The zero-order valence-electron chi connectivity index (χ0n) is 15.2. The highest BCUT2D eigenvalue weighted by Gasteiger charge is 2.27. The first-order valence-corrected chi connectivity index (χ1v) is 9.34. The molecule has 1 saturated heterocycles. The highest BCUT2D eigenvalue weighted by Crippen LogP contribution is 2.23. The molecule has 5 nitrogen and oxygen atoms in total. The van der Waals surface area contributed by atoms with Gasteiger partial charge in [0.15, 0.2) is 0 Å². The molecule has 142 valence electrons. The second-order valence-electron chi connectivity index (χ2n) is 6.45. The molecule has 0 unspecified atom stereocenters. The van der Waals surface area contributed by atoms with E-state index in [2.05, 4.69) is 0 Å². The van der Waals surface area contributed by atoms with Crippen LogP contribution in [0.25, 0.3) is 0 Å². The van der Waals surface area contributed by atoms with Crippen molar-refractivity contribution in [2.24, 2.45) is 0 Å². The van der Waals surface area contributed by atoms with E-state index in [9.17, 15) is 9.59 Å². The number of benzene rings is 2. The standard InChI is InChI=1S/C20H20Cl2N2O3/c1-13-3-4-18(27-2)17(9-13)20(26)24-7-5-23(6-8-24)19(25)14-10-15(21)12-16(22)11-14/h3-4,9-12H,5-8H2,1-2H3. The fraction of sp³-hybridized carbons (Fsp3) is 0.300. The monoisotopic (exact) mass is 406 g/mol. The maximum Gasteiger partial charge on any atom is 0.257 e. The number of hydrogen-bond donors (Lipinski definition) is 0. The van der Waals surface area contributed by atoms with Gasteiger partial charge in [0.25, 0.3) is 11.8 Å². The summed E-state index contributed by atoms with van der Waals surface area (Å²) in [6.45, 7) is 3.74. The Hall–Kier alpha value is -2.24. The minimum Gasteiger partial charge on any atom is -0.496 e. The van der Waals surface area contributed by atoms with Crippen LogP contribution in [0.4, 0.5) is 0 Å². The number of ether oxygens (including phenoxy) is 1. The Balaban J connectivity index is 1.69. The molecule has 0 radical (unpaired) electrons. The third-order valence-corrected chi connectivity index (χ3v) is 4.99. The fourth-order valence-electron chi connectivity index (χ4n) is 3.13. The number of rotatable bonds is 3. The first kappa shape index (κ1) is 19.5. The van der Waals surface area contributed by atoms with Gasteiger partial charge in [0.2, 0.25) is 0 Å². The molecule has 0 atom stereocenters. The normalized spacial score (nSPS) is 14.2. The molecule has 1 heterocycles. The number of carbonyl (C=O) groups is 2. The summed E-state index contributed by atoms with van der Waals surface area (Å²) in [5, 5.41) is 0.845. The van der Waals surface area contributed by atoms with E-state index < -0.39 is 0 Å². The van der Waals surface area contributed by atoms with Gasteiger partial charge in [-0.1, -0.05) is 34.8 Å². The van der Waals surface area contributed by atoms with E-state index in [0.29, 0.717) is 53.1 Å². The molecule has 3 rings (SSSR count). The highest BCUT2D eigenvalue weighted by atomic mass is 35.5. The second-order valence-corrected chi connectivity index (χ2v) is 7.32. The Labute approximate surface area is 168 Å². The van der Waals surface area contributed by atoms with Gasteiger partial charge in [-0.15, -0.1) is 0 Å². The molecule has 0 bridgehead atoms. The van der Waals surface area contributed by atoms with Crippen molar-refractivity contribution in [2.45, 2.75) is 6.92 Å². The molecule has 0 spiro atoms. The van der Waals surface area contributed by atoms with Gasteiger partial charge in [-0.3, -0.25) is 9.59 Å². The number of hydrogen-bond acceptors (Lipinski definition) is 3. The Kier molecular flexibility index (Phi) is 5.92. The Morgan fingerprint density at radius 1 is 0.889 bits per heavy atom. The molecule has 7 heteroatoms. The predicted molar refractivity (Wildman–Crippen MR) is 106 cm³/mol. The van der Waals surface area contributed by atoms with Crippen LogP contribution in [-0.2, 0) is 0 Å². The molecule has 1 aliphatic rings. The quantitative estimate of drug-likeness (QED) is 0.776. The Morgan fingerprint density at radius 3 is 2.00 bits per heavy atom. The molecule has 1 fully saturated rings. The molecule has 1 aliphatic heterocycles. The lowest BCUT2D eigenvalue weighted by molar-refractivity contribution is 0.0533. The molecular formula is C20H20Cl2N2O3. The van der Waals surface area contributed by atoms with Gasteiger partial charge in [0, 0.05) is 41.8 Å². The average Bonchev–Trinajstić information content (AvgIpc) is 2.66. The van der Waals surface area contributed by atoms with Crippen molar-refractivity contribution < 1.29 is 14.3 Å². The van der Waals surface area contributed by atoms with E-state index in [-0.39, 0.29) is 11.8 Å². The van der Waals surface area contributed by atoms with Crippen molar-refractivity contribution in [2.75, 3.05) is 33.3 Å². The number of halogens is 2. The van der Waals surface area contributed by atoms with Crippen LogP contribution in [0.1, 0.15) is 26.3 Å². The third-order valence-electron chi connectivity index (χ3n) is 4.55. The van der Waals surface area contributed by atoms with Crippen LogP contribution in [0.3, 0.4) is 0 Å². The van der Waals surface area contributed by atoms with Crippen LogP contribution >= 0.6 is 23.2 Å². The number of nitrogens with zero attached hydrogens (tertiary/aromatic N) is 2. The van der Waals surface area contributed by atoms with Crippen molar-refractivity contribution in [3.63, 3.8) is 0 Å². The van der Waals surface area contributed by atoms with E-state index >= 15 is 0 Å². The Morgan fingerprint density at radius 2 is 1.44 bits per heavy atom. The lowest BCUT2D eigenvalue weighted by Crippen LogP contribution is -2.50. The lowest BCUT2D eigenvalue weighted by Gasteiger charge is -2.35. The van der Waals surface area contributed by atoms with Crippen LogP contribution in [-0.4, -0.2) is 54.9 Å². The first-order chi connectivity index (χ1) is 12.9. The summed E-state index contributed by atoms with van der Waals surface area (Å²) in [6.07, 6.45) is 0. The maximum atomic E-state index is 12.9. The zero-order chi connectivity index (χ0) is 19.6. The molecule has 2 amide bonds. The minimum atomic E-state index is -0.139. The number of amides is 2. The number of aryl methyl sites for hydroxylation is 1. The molecule has 2 aromatic rings. The maximum absolute atomic E-state index is 12.9. The lowest BCUT2D eigenvalue weighted by atomic mass is 10.1. The Bertz CT molecular complexity index is 857. The summed E-state index contributed by atoms with van der Waals surface area (Å²) in [6, 6.07) is 10.3. The largest absolute Gasteiger partial charge is 0.496 e. The summed E-state index contributed by atoms with van der Waals surface area (Å²) >= 11 is 12.0. The van der Waals surface area contributed by atoms with Crippen LogP contribution < -0.4 is 4.74 Å². The third kappa shape index (κ3) is 4.37. The number of carbonyl (C=O) groups excluding carboxylic acids is 2. The molecule has 0 aliphatic carbocycles. The van der Waals surface area contributed by atoms with Crippen molar-refractivity contribution in [3.05, 3.63) is 63.1 Å². The molecular weight excluding hydrogens is 387 g/mol. The molecule has 27 heavy (non-hydrogen) atoms. The fourth-order valence-corrected chi connectivity index (χ4v) is 3.66. The smallest absolute Gasteiger partial charge is 0.257 e. The minimum absolute atomic E-state index is 0.0894. The SMILES string of the molecule is COc1ccc(C)cc1C(=O)N1CCN(C(=O)c2cc(Cl)cc(Cl)c2)CC1. The zero-order valence-corrected chi connectivity index (χ0v) is 16.7. The molecule has 0 saturated carbocycles. The average molecular weight is 407 g/mol. The summed E-state index contributed by atoms with van der Waals surface area (Å²) in [4.78, 5) is 29.0. The first-order valence-electron chi connectivity index (χ1n) is 8.58. The van der Waals surface area contributed by atoms with Crippen molar-refractivity contribution in [1.29, 1.82) is 0 Å². The summed E-state index contributed by atoms with van der Waals surface area (Å²) in [5.74, 6) is 0.325. The van der Waals surface area contributed by atoms with Gasteiger partial charge in [-0.25, -0.2) is 0 Å². The predicted octanol–water partition coefficient (Wildman–Crippen LogP) is 3.91. The summed E-state index contributed by atoms with van der Waals surface area (Å²) < 4.78 is 5.31. The van der Waals surface area contributed by atoms with Gasteiger partial charge in [0.05, 0.1) is 12.7 Å². The van der Waals surface area contributed by atoms with E-state index in [1.54, 1.807) is 41.2 Å². The van der Waals surface area contributed by atoms with E-state index in [1.165, 1.54) is 0 Å². The van der Waals surface area contributed by atoms with Crippen molar-refractivity contribution >= 4 is 35.0 Å². The van der Waals surface area contributed by atoms with E-state index in [0.717, 1.165) is 5.56 Å². The number of piperazine rings is 1. The summed E-state index contributed by atoms with van der Waals surface area (Å²) in [7, 11) is 1.55. The van der Waals surface area contributed by atoms with Gasteiger partial charge < -0.3 is 14.5 Å².